The molecule has 2 N–H and O–H groups in total. The molecule has 0 unspecified atom stereocenters. The van der Waals surface area contributed by atoms with E-state index in [1.807, 2.05) is 30.3 Å². The first kappa shape index (κ1) is 16.9. The number of ether oxygens (including phenoxy) is 1. The summed E-state index contributed by atoms with van der Waals surface area (Å²) in [4.78, 5) is 10.8. The second-order valence-electron chi connectivity index (χ2n) is 6.09. The second-order valence-corrected chi connectivity index (χ2v) is 6.49. The molecule has 7 heteroatoms. The number of nitrogens with zero attached hydrogens (tertiary/aromatic N) is 2. The van der Waals surface area contributed by atoms with Crippen LogP contribution in [0.4, 0.5) is 5.69 Å². The first-order valence-electron chi connectivity index (χ1n) is 8.04. The highest BCUT2D eigenvalue weighted by molar-refractivity contribution is 6.31. The Labute approximate surface area is 159 Å². The van der Waals surface area contributed by atoms with E-state index in [9.17, 15) is 15.4 Å². The number of allylic oxidation sites excluding steroid dienone is 1. The van der Waals surface area contributed by atoms with E-state index in [2.05, 4.69) is 6.07 Å². The maximum absolute atomic E-state index is 11.3. The molecule has 0 radical (unpaired) electrons. The van der Waals surface area contributed by atoms with Gasteiger partial charge in [0.1, 0.15) is 17.4 Å². The number of nitrogens with two attached hydrogens (primary N) is 1. The van der Waals surface area contributed by atoms with Crippen LogP contribution in [0, 0.1) is 21.4 Å². The van der Waals surface area contributed by atoms with Crippen molar-refractivity contribution < 1.29 is 9.66 Å². The summed E-state index contributed by atoms with van der Waals surface area (Å²) in [6, 6.07) is 17.6. The van der Waals surface area contributed by atoms with Crippen molar-refractivity contribution in [3.8, 4) is 11.8 Å². The van der Waals surface area contributed by atoms with Crippen LogP contribution in [0.5, 0.6) is 5.75 Å². The van der Waals surface area contributed by atoms with Gasteiger partial charge in [0, 0.05) is 22.7 Å². The third-order valence-electron chi connectivity index (χ3n) is 4.62. The summed E-state index contributed by atoms with van der Waals surface area (Å²) in [7, 11) is 0. The minimum atomic E-state index is -0.669. The molecular formula is C20H12ClN3O3. The van der Waals surface area contributed by atoms with Gasteiger partial charge in [-0.1, -0.05) is 41.9 Å². The van der Waals surface area contributed by atoms with Gasteiger partial charge >= 0.3 is 0 Å². The Hall–Kier alpha value is -3.56. The zero-order valence-electron chi connectivity index (χ0n) is 13.8. The highest BCUT2D eigenvalue weighted by Gasteiger charge is 2.34. The van der Waals surface area contributed by atoms with Gasteiger partial charge in [-0.2, -0.15) is 5.26 Å². The summed E-state index contributed by atoms with van der Waals surface area (Å²) in [6.07, 6.45) is 0. The molecule has 132 valence electrons. The lowest BCUT2D eigenvalue weighted by atomic mass is 9.81. The molecule has 0 saturated heterocycles. The lowest BCUT2D eigenvalue weighted by Gasteiger charge is -2.28. The number of halogens is 1. The molecule has 3 aromatic carbocycles. The molecule has 0 saturated carbocycles. The van der Waals surface area contributed by atoms with E-state index in [1.165, 1.54) is 18.2 Å². The first-order valence-corrected chi connectivity index (χ1v) is 8.42. The van der Waals surface area contributed by atoms with Crippen LogP contribution in [-0.2, 0) is 0 Å². The van der Waals surface area contributed by atoms with Gasteiger partial charge < -0.3 is 10.5 Å². The van der Waals surface area contributed by atoms with E-state index in [1.54, 1.807) is 6.07 Å². The molecule has 1 aliphatic heterocycles. The predicted octanol–water partition coefficient (Wildman–Crippen LogP) is 4.62. The van der Waals surface area contributed by atoms with Crippen LogP contribution in [0.3, 0.4) is 0 Å². The molecular weight excluding hydrogens is 366 g/mol. The van der Waals surface area contributed by atoms with Crippen molar-refractivity contribution in [2.75, 3.05) is 0 Å². The van der Waals surface area contributed by atoms with E-state index in [4.69, 9.17) is 22.1 Å². The molecule has 0 aromatic heterocycles. The van der Waals surface area contributed by atoms with Gasteiger partial charge in [0.15, 0.2) is 0 Å². The van der Waals surface area contributed by atoms with Crippen LogP contribution in [0.1, 0.15) is 17.0 Å². The normalized spacial score (nSPS) is 15.8. The Morgan fingerprint density at radius 3 is 2.70 bits per heavy atom. The monoisotopic (exact) mass is 377 g/mol. The minimum absolute atomic E-state index is 0.0344. The molecule has 3 aromatic rings. The number of nitriles is 1. The molecule has 0 spiro atoms. The number of benzene rings is 3. The van der Waals surface area contributed by atoms with Crippen molar-refractivity contribution >= 4 is 28.1 Å². The Kier molecular flexibility index (Phi) is 3.94. The molecule has 0 fully saturated rings. The van der Waals surface area contributed by atoms with Gasteiger partial charge in [0.2, 0.25) is 5.88 Å². The molecule has 0 amide bonds. The summed E-state index contributed by atoms with van der Waals surface area (Å²) in [6.45, 7) is 0. The quantitative estimate of drug-likeness (QED) is 0.518. The van der Waals surface area contributed by atoms with Crippen LogP contribution in [-0.4, -0.2) is 4.92 Å². The first-order chi connectivity index (χ1) is 13.0. The van der Waals surface area contributed by atoms with E-state index < -0.39 is 10.8 Å². The summed E-state index contributed by atoms with van der Waals surface area (Å²) in [5.41, 5.74) is 7.18. The maximum atomic E-state index is 11.3. The van der Waals surface area contributed by atoms with E-state index in [0.29, 0.717) is 21.9 Å². The predicted molar refractivity (Wildman–Crippen MR) is 101 cm³/mol. The lowest BCUT2D eigenvalue weighted by molar-refractivity contribution is -0.384. The van der Waals surface area contributed by atoms with Crippen molar-refractivity contribution in [1.29, 1.82) is 5.26 Å². The van der Waals surface area contributed by atoms with Crippen molar-refractivity contribution in [2.24, 2.45) is 5.73 Å². The topological polar surface area (TPSA) is 102 Å². The maximum Gasteiger partial charge on any atom is 0.269 e. The Morgan fingerprint density at radius 1 is 1.19 bits per heavy atom. The van der Waals surface area contributed by atoms with Gasteiger partial charge in [0.05, 0.1) is 10.8 Å². The Bertz CT molecular complexity index is 1180. The van der Waals surface area contributed by atoms with E-state index in [-0.39, 0.29) is 17.1 Å². The molecule has 4 rings (SSSR count). The number of non-ortho nitro benzene ring substituents is 1. The van der Waals surface area contributed by atoms with Crippen LogP contribution in [0.25, 0.3) is 10.8 Å². The number of nitro groups is 1. The smallest absolute Gasteiger partial charge is 0.269 e. The average Bonchev–Trinajstić information content (AvgIpc) is 2.67. The number of fused-ring (bicyclic) bond motifs is 3. The fraction of sp³-hybridized carbons (Fsp3) is 0.0500. The molecule has 6 nitrogen and oxygen atoms in total. The summed E-state index contributed by atoms with van der Waals surface area (Å²) in [5.74, 6) is -0.206. The van der Waals surface area contributed by atoms with Crippen molar-refractivity contribution in [3.63, 3.8) is 0 Å². The van der Waals surface area contributed by atoms with Crippen LogP contribution in [0.2, 0.25) is 5.02 Å². The number of nitro benzene ring substituents is 1. The van der Waals surface area contributed by atoms with Crippen molar-refractivity contribution in [2.45, 2.75) is 5.92 Å². The Balaban J connectivity index is 2.08. The zero-order valence-corrected chi connectivity index (χ0v) is 14.6. The molecule has 1 heterocycles. The summed E-state index contributed by atoms with van der Waals surface area (Å²) < 4.78 is 5.67. The third kappa shape index (κ3) is 2.65. The van der Waals surface area contributed by atoms with Crippen LogP contribution in [0.15, 0.2) is 66.1 Å². The van der Waals surface area contributed by atoms with Gasteiger partial charge in [-0.3, -0.25) is 10.1 Å². The van der Waals surface area contributed by atoms with Gasteiger partial charge in [-0.15, -0.1) is 0 Å². The molecule has 0 aliphatic carbocycles. The second kappa shape index (κ2) is 6.31. The largest absolute Gasteiger partial charge is 0.440 e. The molecule has 1 aliphatic rings. The van der Waals surface area contributed by atoms with Gasteiger partial charge in [-0.05, 0) is 28.5 Å². The molecule has 27 heavy (non-hydrogen) atoms. The summed E-state index contributed by atoms with van der Waals surface area (Å²) >= 11 is 6.39. The highest BCUT2D eigenvalue weighted by Crippen LogP contribution is 2.47. The number of hydrogen-bond acceptors (Lipinski definition) is 5. The zero-order chi connectivity index (χ0) is 19.1. The van der Waals surface area contributed by atoms with Crippen molar-refractivity contribution in [3.05, 3.63) is 92.3 Å². The van der Waals surface area contributed by atoms with E-state index in [0.717, 1.165) is 10.8 Å². The molecule has 0 bridgehead atoms. The van der Waals surface area contributed by atoms with Gasteiger partial charge in [0.25, 0.3) is 5.69 Å². The standard InChI is InChI=1S/C20H12ClN3O3/c21-16-7-6-12(24(25)26)9-14(16)18-15(10-22)20(23)27-17-8-5-11-3-1-2-4-13(11)19(17)18/h1-9,18H,23H2/t18-/m0/s1. The third-order valence-corrected chi connectivity index (χ3v) is 4.96. The SMILES string of the molecule is N#CC1=C(N)Oc2ccc3ccccc3c2[C@H]1c1cc([N+](=O)[O-])ccc1Cl. The summed E-state index contributed by atoms with van der Waals surface area (Å²) in [5, 5.41) is 23.1. The van der Waals surface area contributed by atoms with Gasteiger partial charge in [-0.25, -0.2) is 0 Å². The highest BCUT2D eigenvalue weighted by atomic mass is 35.5. The van der Waals surface area contributed by atoms with Crippen LogP contribution < -0.4 is 10.5 Å². The number of rotatable bonds is 2. The number of hydrogen-bond donors (Lipinski definition) is 1. The lowest BCUT2D eigenvalue weighted by Crippen LogP contribution is -2.21. The molecule has 1 atom stereocenters. The fourth-order valence-electron chi connectivity index (χ4n) is 3.42. The minimum Gasteiger partial charge on any atom is -0.440 e. The average molecular weight is 378 g/mol. The fourth-order valence-corrected chi connectivity index (χ4v) is 3.65. The Morgan fingerprint density at radius 2 is 1.96 bits per heavy atom. The van der Waals surface area contributed by atoms with Crippen molar-refractivity contribution in [1.82, 2.24) is 0 Å². The van der Waals surface area contributed by atoms with E-state index >= 15 is 0 Å². The van der Waals surface area contributed by atoms with Crippen LogP contribution >= 0.6 is 11.6 Å².